The van der Waals surface area contributed by atoms with Crippen LogP contribution in [-0.2, 0) is 7.05 Å². The molecule has 0 amide bonds. The molecule has 1 aromatic heterocycles. The van der Waals surface area contributed by atoms with E-state index in [4.69, 9.17) is 11.6 Å². The van der Waals surface area contributed by atoms with Crippen LogP contribution in [0, 0.1) is 5.82 Å². The van der Waals surface area contributed by atoms with E-state index < -0.39 is 23.6 Å². The average molecular weight is 425 g/mol. The molecule has 0 saturated heterocycles. The lowest BCUT2D eigenvalue weighted by Gasteiger charge is -2.31. The van der Waals surface area contributed by atoms with Crippen molar-refractivity contribution in [3.8, 4) is 0 Å². The maximum absolute atomic E-state index is 13.7. The number of halogens is 5. The molecule has 1 heterocycles. The van der Waals surface area contributed by atoms with Crippen LogP contribution in [0.3, 0.4) is 0 Å². The van der Waals surface area contributed by atoms with Gasteiger partial charge in [-0.05, 0) is 35.7 Å². The highest BCUT2D eigenvalue weighted by Gasteiger charge is 2.44. The third-order valence-corrected chi connectivity index (χ3v) is 4.82. The van der Waals surface area contributed by atoms with Gasteiger partial charge in [0.1, 0.15) is 6.04 Å². The Labute approximate surface area is 165 Å². The number of hydrogen-bond acceptors (Lipinski definition) is 3. The molecule has 0 aliphatic heterocycles. The van der Waals surface area contributed by atoms with Crippen LogP contribution in [0.5, 0.6) is 0 Å². The zero-order valence-electron chi connectivity index (χ0n) is 15.3. The van der Waals surface area contributed by atoms with Gasteiger partial charge in [0, 0.05) is 29.7 Å². The number of hydrogen-bond donors (Lipinski definition) is 0. The topological polar surface area (TPSA) is 25.2 Å². The molecule has 150 valence electrons. The van der Waals surface area contributed by atoms with Crippen molar-refractivity contribution >= 4 is 23.5 Å². The van der Waals surface area contributed by atoms with Crippen molar-refractivity contribution in [1.29, 1.82) is 0 Å². The smallest absolute Gasteiger partial charge is 0.315 e. The summed E-state index contributed by atoms with van der Waals surface area (Å²) in [6, 6.07) is 4.43. The molecule has 2 aromatic rings. The zero-order valence-corrected chi connectivity index (χ0v) is 16.9. The van der Waals surface area contributed by atoms with E-state index in [1.165, 1.54) is 37.5 Å². The first-order valence-electron chi connectivity index (χ1n) is 8.26. The van der Waals surface area contributed by atoms with Gasteiger partial charge in [-0.2, -0.15) is 13.2 Å². The predicted octanol–water partition coefficient (Wildman–Crippen LogP) is 5.84. The maximum atomic E-state index is 13.7. The molecule has 2 rings (SSSR count). The normalized spacial score (nSPS) is 12.5. The van der Waals surface area contributed by atoms with Gasteiger partial charge in [-0.1, -0.05) is 44.5 Å². The maximum Gasteiger partial charge on any atom is 0.408 e. The molecule has 0 aliphatic carbocycles. The SMILES string of the molecule is CC.CCN(Sc1cc(F)c(=O)n(C)c1)C(c1ccc(Cl)cc1)C(F)(F)F. The lowest BCUT2D eigenvalue weighted by atomic mass is 10.1. The van der Waals surface area contributed by atoms with Crippen molar-refractivity contribution in [2.45, 2.75) is 37.9 Å². The van der Waals surface area contributed by atoms with Crippen LogP contribution < -0.4 is 5.56 Å². The van der Waals surface area contributed by atoms with Gasteiger partial charge in [0.2, 0.25) is 0 Å². The van der Waals surface area contributed by atoms with Crippen molar-refractivity contribution in [2.24, 2.45) is 7.05 Å². The third-order valence-electron chi connectivity index (χ3n) is 3.43. The van der Waals surface area contributed by atoms with Crippen LogP contribution in [0.15, 0.2) is 46.2 Å². The molecule has 0 saturated carbocycles. The molecule has 0 aliphatic rings. The Balaban J connectivity index is 0.00000176. The second kappa shape index (κ2) is 10.1. The van der Waals surface area contributed by atoms with Gasteiger partial charge in [0.05, 0.1) is 0 Å². The lowest BCUT2D eigenvalue weighted by molar-refractivity contribution is -0.172. The summed E-state index contributed by atoms with van der Waals surface area (Å²) in [5.41, 5.74) is -0.811. The Bertz CT molecular complexity index is 767. The number of benzene rings is 1. The molecule has 1 aromatic carbocycles. The number of nitrogens with zero attached hydrogens (tertiary/aromatic N) is 2. The summed E-state index contributed by atoms with van der Waals surface area (Å²) in [4.78, 5) is 11.6. The summed E-state index contributed by atoms with van der Waals surface area (Å²) in [5, 5.41) is 0.334. The van der Waals surface area contributed by atoms with E-state index in [2.05, 4.69) is 0 Å². The summed E-state index contributed by atoms with van der Waals surface area (Å²) in [5.74, 6) is -1.02. The predicted molar refractivity (Wildman–Crippen MR) is 101 cm³/mol. The standard InChI is InChI=1S/C16H15ClF4N2OS.C2H6/c1-3-23(25-12-8-13(18)15(24)22(2)9-12)14(16(19,20)21)10-4-6-11(17)7-5-10;1-2/h4-9,14H,3H2,1-2H3;1-2H3. The molecular weight excluding hydrogens is 404 g/mol. The minimum Gasteiger partial charge on any atom is -0.315 e. The van der Waals surface area contributed by atoms with Crippen molar-refractivity contribution in [3.63, 3.8) is 0 Å². The number of pyridine rings is 1. The monoisotopic (exact) mass is 424 g/mol. The number of aryl methyl sites for hydroxylation is 1. The fourth-order valence-electron chi connectivity index (χ4n) is 2.29. The van der Waals surface area contributed by atoms with Crippen LogP contribution in [0.1, 0.15) is 32.4 Å². The van der Waals surface area contributed by atoms with Crippen LogP contribution in [0.4, 0.5) is 17.6 Å². The van der Waals surface area contributed by atoms with E-state index in [0.717, 1.165) is 26.9 Å². The second-order valence-corrected chi connectivity index (χ2v) is 6.82. The summed E-state index contributed by atoms with van der Waals surface area (Å²) in [6.45, 7) is 5.61. The molecule has 1 atom stereocenters. The van der Waals surface area contributed by atoms with Gasteiger partial charge < -0.3 is 4.57 Å². The summed E-state index contributed by atoms with van der Waals surface area (Å²) >= 11 is 6.49. The zero-order chi connectivity index (χ0) is 20.8. The van der Waals surface area contributed by atoms with E-state index >= 15 is 0 Å². The number of aromatic nitrogens is 1. The average Bonchev–Trinajstić information content (AvgIpc) is 2.61. The molecule has 1 unspecified atom stereocenters. The van der Waals surface area contributed by atoms with Crippen LogP contribution in [0.2, 0.25) is 5.02 Å². The summed E-state index contributed by atoms with van der Waals surface area (Å²) in [6.07, 6.45) is -3.25. The Morgan fingerprint density at radius 1 is 1.22 bits per heavy atom. The quantitative estimate of drug-likeness (QED) is 0.445. The van der Waals surface area contributed by atoms with E-state index in [1.54, 1.807) is 6.92 Å². The van der Waals surface area contributed by atoms with Crippen molar-refractivity contribution < 1.29 is 17.6 Å². The van der Waals surface area contributed by atoms with Gasteiger partial charge in [0.25, 0.3) is 5.56 Å². The minimum atomic E-state index is -4.55. The number of rotatable bonds is 5. The van der Waals surface area contributed by atoms with Crippen LogP contribution in [0.25, 0.3) is 0 Å². The second-order valence-electron chi connectivity index (χ2n) is 5.26. The largest absolute Gasteiger partial charge is 0.408 e. The van der Waals surface area contributed by atoms with Crippen molar-refractivity contribution in [3.05, 3.63) is 63.3 Å². The highest BCUT2D eigenvalue weighted by molar-refractivity contribution is 7.97. The molecule has 0 bridgehead atoms. The van der Waals surface area contributed by atoms with E-state index in [0.29, 0.717) is 5.02 Å². The van der Waals surface area contributed by atoms with Gasteiger partial charge in [-0.3, -0.25) is 4.79 Å². The molecule has 27 heavy (non-hydrogen) atoms. The first-order valence-corrected chi connectivity index (χ1v) is 9.41. The molecule has 0 spiro atoms. The van der Waals surface area contributed by atoms with Crippen LogP contribution in [-0.4, -0.2) is 21.6 Å². The van der Waals surface area contributed by atoms with Crippen molar-refractivity contribution in [1.82, 2.24) is 8.87 Å². The van der Waals surface area contributed by atoms with Crippen LogP contribution >= 0.6 is 23.5 Å². The van der Waals surface area contributed by atoms with Crippen molar-refractivity contribution in [2.75, 3.05) is 6.54 Å². The summed E-state index contributed by atoms with van der Waals surface area (Å²) in [7, 11) is 1.34. The molecular formula is C18H21ClF4N2OS. The van der Waals surface area contributed by atoms with Gasteiger partial charge >= 0.3 is 6.18 Å². The molecule has 3 nitrogen and oxygen atoms in total. The molecule has 9 heteroatoms. The Hall–Kier alpha value is -1.51. The lowest BCUT2D eigenvalue weighted by Crippen LogP contribution is -2.34. The first-order chi connectivity index (χ1) is 12.6. The van der Waals surface area contributed by atoms with Gasteiger partial charge in [0.15, 0.2) is 5.82 Å². The Morgan fingerprint density at radius 2 is 1.78 bits per heavy atom. The molecule has 0 fully saturated rings. The van der Waals surface area contributed by atoms with Gasteiger partial charge in [-0.15, -0.1) is 0 Å². The molecule has 0 N–H and O–H groups in total. The highest BCUT2D eigenvalue weighted by Crippen LogP contribution is 2.42. The Morgan fingerprint density at radius 3 is 2.22 bits per heavy atom. The van der Waals surface area contributed by atoms with E-state index in [9.17, 15) is 22.4 Å². The fourth-order valence-corrected chi connectivity index (χ4v) is 3.52. The number of alkyl halides is 3. The highest BCUT2D eigenvalue weighted by atomic mass is 35.5. The third kappa shape index (κ3) is 6.26. The van der Waals surface area contributed by atoms with E-state index in [1.807, 2.05) is 13.8 Å². The fraction of sp³-hybridized carbons (Fsp3) is 0.389. The Kier molecular flexibility index (Phi) is 8.84. The molecule has 0 radical (unpaired) electrons. The van der Waals surface area contributed by atoms with Gasteiger partial charge in [-0.25, -0.2) is 8.70 Å². The summed E-state index contributed by atoms with van der Waals surface area (Å²) < 4.78 is 56.6. The first kappa shape index (κ1) is 23.5. The minimum absolute atomic E-state index is 0.0246. The van der Waals surface area contributed by atoms with E-state index in [-0.39, 0.29) is 17.0 Å².